The van der Waals surface area contributed by atoms with E-state index in [9.17, 15) is 23.1 Å². The Morgan fingerprint density at radius 2 is 1.96 bits per heavy atom. The van der Waals surface area contributed by atoms with Gasteiger partial charge in [0, 0.05) is 0 Å². The van der Waals surface area contributed by atoms with Gasteiger partial charge in [-0.2, -0.15) is 0 Å². The van der Waals surface area contributed by atoms with Crippen LogP contribution >= 0.6 is 0 Å². The van der Waals surface area contributed by atoms with Crippen molar-refractivity contribution in [1.82, 2.24) is 10.2 Å². The normalized spacial score (nSPS) is 34.5. The lowest BCUT2D eigenvalue weighted by molar-refractivity contribution is -0.134. The zero-order valence-corrected chi connectivity index (χ0v) is 13.8. The maximum absolute atomic E-state index is 13.1. The van der Waals surface area contributed by atoms with Crippen molar-refractivity contribution in [2.24, 2.45) is 0 Å². The molecule has 2 aliphatic heterocycles. The molecule has 7 nitrogen and oxygen atoms in total. The Balaban J connectivity index is 1.76. The molecule has 4 rings (SSSR count). The van der Waals surface area contributed by atoms with Gasteiger partial charge in [0.1, 0.15) is 5.54 Å². The van der Waals surface area contributed by atoms with Crippen LogP contribution in [-0.4, -0.2) is 54.0 Å². The minimum absolute atomic E-state index is 0.384. The summed E-state index contributed by atoms with van der Waals surface area (Å²) < 4.78 is 23.5. The van der Waals surface area contributed by atoms with Crippen LogP contribution in [0.25, 0.3) is 0 Å². The number of carbonyl (C=O) groups excluding carboxylic acids is 2. The zero-order valence-electron chi connectivity index (χ0n) is 12.9. The molecule has 1 spiro atoms. The molecule has 3 atom stereocenters. The Morgan fingerprint density at radius 3 is 2.67 bits per heavy atom. The Labute approximate surface area is 139 Å². The number of rotatable bonds is 1. The standard InChI is InChI=1S/C16H18N2O5S/c19-13-9-24(22,23)8-12(13)18-14(20)16(17-15(18)21)7-3-5-10-4-1-2-6-11(10)16/h1-2,4,6,12-13,19H,3,5,7-9H2,(H,17,21)/t12-,13+,16+/m1/s1. The molecule has 0 aromatic heterocycles. The van der Waals surface area contributed by atoms with Crippen LogP contribution in [0.5, 0.6) is 0 Å². The molecule has 2 fully saturated rings. The quantitative estimate of drug-likeness (QED) is 0.690. The second-order valence-electron chi connectivity index (χ2n) is 6.73. The Hall–Kier alpha value is -1.93. The van der Waals surface area contributed by atoms with E-state index in [0.717, 1.165) is 28.9 Å². The minimum Gasteiger partial charge on any atom is -0.390 e. The Bertz CT molecular complexity index is 837. The molecule has 0 radical (unpaired) electrons. The van der Waals surface area contributed by atoms with Crippen molar-refractivity contribution in [2.45, 2.75) is 36.9 Å². The van der Waals surface area contributed by atoms with Gasteiger partial charge in [0.25, 0.3) is 5.91 Å². The van der Waals surface area contributed by atoms with Crippen LogP contribution < -0.4 is 5.32 Å². The number of amides is 3. The van der Waals surface area contributed by atoms with E-state index >= 15 is 0 Å². The van der Waals surface area contributed by atoms with Crippen molar-refractivity contribution in [3.63, 3.8) is 0 Å². The van der Waals surface area contributed by atoms with Crippen LogP contribution in [0.15, 0.2) is 24.3 Å². The number of nitrogens with zero attached hydrogens (tertiary/aromatic N) is 1. The van der Waals surface area contributed by atoms with Gasteiger partial charge >= 0.3 is 6.03 Å². The predicted octanol–water partition coefficient (Wildman–Crippen LogP) is -0.0721. The lowest BCUT2D eigenvalue weighted by Gasteiger charge is -2.34. The number of nitrogens with one attached hydrogen (secondary N) is 1. The topological polar surface area (TPSA) is 104 Å². The maximum atomic E-state index is 13.1. The van der Waals surface area contributed by atoms with Crippen LogP contribution in [0.4, 0.5) is 4.79 Å². The number of hydrogen-bond donors (Lipinski definition) is 2. The fraction of sp³-hybridized carbons (Fsp3) is 0.500. The largest absolute Gasteiger partial charge is 0.390 e. The van der Waals surface area contributed by atoms with Gasteiger partial charge in [-0.25, -0.2) is 13.2 Å². The first kappa shape index (κ1) is 15.6. The fourth-order valence-corrected chi connectivity index (χ4v) is 5.91. The minimum atomic E-state index is -3.46. The molecule has 24 heavy (non-hydrogen) atoms. The van der Waals surface area contributed by atoms with E-state index in [0.29, 0.717) is 6.42 Å². The Kier molecular flexibility index (Phi) is 3.27. The first-order chi connectivity index (χ1) is 11.3. The summed E-state index contributed by atoms with van der Waals surface area (Å²) in [7, 11) is -3.46. The predicted molar refractivity (Wildman–Crippen MR) is 84.9 cm³/mol. The summed E-state index contributed by atoms with van der Waals surface area (Å²) in [6.45, 7) is 0. The summed E-state index contributed by atoms with van der Waals surface area (Å²) in [4.78, 5) is 26.6. The van der Waals surface area contributed by atoms with Crippen molar-refractivity contribution in [3.05, 3.63) is 35.4 Å². The van der Waals surface area contributed by atoms with Crippen molar-refractivity contribution in [1.29, 1.82) is 0 Å². The van der Waals surface area contributed by atoms with Crippen molar-refractivity contribution >= 4 is 21.8 Å². The van der Waals surface area contributed by atoms with Crippen molar-refractivity contribution in [2.75, 3.05) is 11.5 Å². The van der Waals surface area contributed by atoms with Gasteiger partial charge in [-0.3, -0.25) is 9.69 Å². The highest BCUT2D eigenvalue weighted by molar-refractivity contribution is 7.91. The van der Waals surface area contributed by atoms with E-state index < -0.39 is 45.2 Å². The summed E-state index contributed by atoms with van der Waals surface area (Å²) in [6, 6.07) is 5.84. The lowest BCUT2D eigenvalue weighted by atomic mass is 9.76. The summed E-state index contributed by atoms with van der Waals surface area (Å²) in [6.07, 6.45) is 0.823. The Morgan fingerprint density at radius 1 is 1.21 bits per heavy atom. The molecule has 128 valence electrons. The van der Waals surface area contributed by atoms with Crippen LogP contribution in [-0.2, 0) is 26.6 Å². The molecule has 2 heterocycles. The molecular weight excluding hydrogens is 332 g/mol. The van der Waals surface area contributed by atoms with Crippen molar-refractivity contribution < 1.29 is 23.1 Å². The molecule has 2 saturated heterocycles. The number of fused-ring (bicyclic) bond motifs is 2. The van der Waals surface area contributed by atoms with Gasteiger partial charge in [0.2, 0.25) is 0 Å². The first-order valence-corrected chi connectivity index (χ1v) is 9.79. The molecule has 2 N–H and O–H groups in total. The summed E-state index contributed by atoms with van der Waals surface area (Å²) in [5.74, 6) is -1.26. The summed E-state index contributed by atoms with van der Waals surface area (Å²) in [5, 5.41) is 12.8. The van der Waals surface area contributed by atoms with E-state index in [1.807, 2.05) is 24.3 Å². The van der Waals surface area contributed by atoms with Gasteiger partial charge in [-0.1, -0.05) is 24.3 Å². The number of hydrogen-bond acceptors (Lipinski definition) is 5. The smallest absolute Gasteiger partial charge is 0.325 e. The van der Waals surface area contributed by atoms with Gasteiger partial charge < -0.3 is 10.4 Å². The molecule has 8 heteroatoms. The third-order valence-electron chi connectivity index (χ3n) is 5.22. The van der Waals surface area contributed by atoms with E-state index in [1.54, 1.807) is 0 Å². The monoisotopic (exact) mass is 350 g/mol. The number of aryl methyl sites for hydroxylation is 1. The second-order valence-corrected chi connectivity index (χ2v) is 8.89. The number of aliphatic hydroxyl groups is 1. The molecule has 0 saturated carbocycles. The highest BCUT2D eigenvalue weighted by atomic mass is 32.2. The third-order valence-corrected chi connectivity index (χ3v) is 6.92. The lowest BCUT2D eigenvalue weighted by Crippen LogP contribution is -2.49. The van der Waals surface area contributed by atoms with E-state index in [4.69, 9.17) is 0 Å². The third kappa shape index (κ3) is 2.09. The highest BCUT2D eigenvalue weighted by Crippen LogP contribution is 2.41. The van der Waals surface area contributed by atoms with E-state index in [1.165, 1.54) is 0 Å². The maximum Gasteiger partial charge on any atom is 0.325 e. The molecule has 1 aliphatic carbocycles. The molecular formula is C16H18N2O5S. The molecule has 0 unspecified atom stereocenters. The van der Waals surface area contributed by atoms with Crippen LogP contribution in [0, 0.1) is 0 Å². The summed E-state index contributed by atoms with van der Waals surface area (Å²) >= 11 is 0. The van der Waals surface area contributed by atoms with Gasteiger partial charge in [-0.15, -0.1) is 0 Å². The van der Waals surface area contributed by atoms with Gasteiger partial charge in [0.15, 0.2) is 9.84 Å². The number of urea groups is 1. The molecule has 1 aromatic rings. The second kappa shape index (κ2) is 5.03. The zero-order chi connectivity index (χ0) is 17.1. The van der Waals surface area contributed by atoms with Crippen LogP contribution in [0.2, 0.25) is 0 Å². The van der Waals surface area contributed by atoms with Crippen LogP contribution in [0.1, 0.15) is 24.0 Å². The average molecular weight is 350 g/mol. The molecule has 1 aromatic carbocycles. The molecule has 3 amide bonds. The SMILES string of the molecule is O=C1N[C@]2(CCCc3ccccc32)C(=O)N1[C@@H]1CS(=O)(=O)C[C@@H]1O. The van der Waals surface area contributed by atoms with E-state index in [-0.39, 0.29) is 5.75 Å². The number of aliphatic hydroxyl groups excluding tert-OH is 1. The number of imide groups is 1. The first-order valence-electron chi connectivity index (χ1n) is 7.97. The molecule has 3 aliphatic rings. The number of benzene rings is 1. The van der Waals surface area contributed by atoms with Gasteiger partial charge in [0.05, 0.1) is 23.7 Å². The fourth-order valence-electron chi connectivity index (χ4n) is 4.14. The van der Waals surface area contributed by atoms with Crippen LogP contribution in [0.3, 0.4) is 0 Å². The average Bonchev–Trinajstić information content (AvgIpc) is 2.93. The summed E-state index contributed by atoms with van der Waals surface area (Å²) in [5.41, 5.74) is 0.643. The van der Waals surface area contributed by atoms with Gasteiger partial charge in [-0.05, 0) is 30.4 Å². The van der Waals surface area contributed by atoms with Crippen molar-refractivity contribution in [3.8, 4) is 0 Å². The highest BCUT2D eigenvalue weighted by Gasteiger charge is 2.58. The van der Waals surface area contributed by atoms with E-state index in [2.05, 4.69) is 5.32 Å². The molecule has 0 bridgehead atoms. The number of sulfone groups is 1. The number of carbonyl (C=O) groups is 2.